The minimum Gasteiger partial charge on any atom is -0.287 e. The van der Waals surface area contributed by atoms with Crippen LogP contribution in [0.2, 0.25) is 0 Å². The summed E-state index contributed by atoms with van der Waals surface area (Å²) in [5.74, 6) is 4.48. The molecule has 4 fully saturated rings. The zero-order valence-electron chi connectivity index (χ0n) is 24.7. The molecule has 5 rings (SSSR count). The molecule has 0 aliphatic heterocycles. The Morgan fingerprint density at radius 3 is 2.49 bits per heavy atom. The van der Waals surface area contributed by atoms with Gasteiger partial charge >= 0.3 is 0 Å². The fourth-order valence-corrected chi connectivity index (χ4v) is 11.5. The Morgan fingerprint density at radius 2 is 1.68 bits per heavy atom. The third-order valence-corrected chi connectivity index (χ3v) is 13.8. The number of carbonyl (C=O) groups is 1. The maximum Gasteiger partial charge on any atom is 0.189 e. The highest BCUT2D eigenvalue weighted by Crippen LogP contribution is 2.67. The van der Waals surface area contributed by atoms with Crippen molar-refractivity contribution >= 4 is 16.9 Å². The van der Waals surface area contributed by atoms with Crippen molar-refractivity contribution in [3.63, 3.8) is 0 Å². The van der Waals surface area contributed by atoms with E-state index in [2.05, 4.69) is 26.8 Å². The number of rotatable bonds is 10. The summed E-state index contributed by atoms with van der Waals surface area (Å²) in [6, 6.07) is 0. The third-order valence-electron chi connectivity index (χ3n) is 12.6. The van der Waals surface area contributed by atoms with Gasteiger partial charge in [-0.25, -0.2) is 0 Å². The van der Waals surface area contributed by atoms with E-state index in [0.29, 0.717) is 27.1 Å². The fourth-order valence-electron chi connectivity index (χ4n) is 10.3. The van der Waals surface area contributed by atoms with E-state index in [0.717, 1.165) is 30.1 Å². The third kappa shape index (κ3) is 6.10. The van der Waals surface area contributed by atoms with Crippen molar-refractivity contribution in [2.45, 2.75) is 161 Å². The first-order valence-corrected chi connectivity index (χ1v) is 17.7. The Labute approximate surface area is 234 Å². The lowest BCUT2D eigenvalue weighted by Crippen LogP contribution is -2.50. The highest BCUT2D eigenvalue weighted by Gasteiger charge is 2.58. The van der Waals surface area contributed by atoms with E-state index in [-0.39, 0.29) is 0 Å². The molecule has 7 atom stereocenters. The lowest BCUT2D eigenvalue weighted by atomic mass is 9.47. The van der Waals surface area contributed by atoms with E-state index in [1.807, 2.05) is 0 Å². The molecule has 0 unspecified atom stereocenters. The number of allylic oxidation sites excluding steroid dienone is 2. The number of hydrogen-bond acceptors (Lipinski definition) is 2. The lowest BCUT2D eigenvalue weighted by molar-refractivity contribution is -0.112. The molecule has 1 nitrogen and oxygen atoms in total. The maximum atomic E-state index is 12.9. The normalized spacial score (nSPS) is 40.0. The molecule has 4 saturated carbocycles. The molecule has 210 valence electrons. The fraction of sp³-hybridized carbons (Fsp3) is 0.914. The van der Waals surface area contributed by atoms with E-state index in [1.165, 1.54) is 128 Å². The molecule has 2 heteroatoms. The average Bonchev–Trinajstić information content (AvgIpc) is 3.23. The lowest BCUT2D eigenvalue weighted by Gasteiger charge is -2.58. The van der Waals surface area contributed by atoms with Crippen molar-refractivity contribution in [1.29, 1.82) is 0 Å². The van der Waals surface area contributed by atoms with Gasteiger partial charge in [-0.3, -0.25) is 4.79 Å². The van der Waals surface area contributed by atoms with Crippen molar-refractivity contribution in [3.8, 4) is 0 Å². The van der Waals surface area contributed by atoms with Crippen LogP contribution in [0.25, 0.3) is 0 Å². The number of carbonyl (C=O) groups excluding carboxylic acids is 1. The van der Waals surface area contributed by atoms with Crippen LogP contribution in [0.15, 0.2) is 11.6 Å². The highest BCUT2D eigenvalue weighted by molar-refractivity contribution is 8.14. The number of unbranched alkanes of at least 4 members (excludes halogenated alkanes) is 5. The molecule has 0 bridgehead atoms. The van der Waals surface area contributed by atoms with Crippen LogP contribution in [0.5, 0.6) is 0 Å². The maximum absolute atomic E-state index is 12.9. The van der Waals surface area contributed by atoms with E-state index < -0.39 is 0 Å². The summed E-state index contributed by atoms with van der Waals surface area (Å²) in [5, 5.41) is 1.06. The predicted molar refractivity (Wildman–Crippen MR) is 161 cm³/mol. The molecule has 5 aliphatic carbocycles. The van der Waals surface area contributed by atoms with Gasteiger partial charge in [-0.1, -0.05) is 102 Å². The summed E-state index contributed by atoms with van der Waals surface area (Å²) in [7, 11) is 0. The minimum atomic E-state index is 0.422. The Hall–Kier alpha value is -0.240. The Kier molecular flexibility index (Phi) is 9.57. The summed E-state index contributed by atoms with van der Waals surface area (Å²) in [6.07, 6.45) is 31.5. The van der Waals surface area contributed by atoms with E-state index in [1.54, 1.807) is 17.3 Å². The minimum absolute atomic E-state index is 0.422. The molecule has 0 aromatic heterocycles. The van der Waals surface area contributed by atoms with Gasteiger partial charge in [-0.15, -0.1) is 0 Å². The van der Waals surface area contributed by atoms with Crippen LogP contribution in [0, 0.1) is 40.4 Å². The van der Waals surface area contributed by atoms with Crippen LogP contribution >= 0.6 is 11.8 Å². The van der Waals surface area contributed by atoms with Crippen LogP contribution in [0.4, 0.5) is 0 Å². The summed E-state index contributed by atoms with van der Waals surface area (Å²) in [6.45, 7) is 7.69. The van der Waals surface area contributed by atoms with Gasteiger partial charge in [-0.05, 0) is 111 Å². The van der Waals surface area contributed by atoms with Gasteiger partial charge in [0.1, 0.15) is 0 Å². The second-order valence-corrected chi connectivity index (χ2v) is 16.1. The first-order valence-electron chi connectivity index (χ1n) is 16.8. The van der Waals surface area contributed by atoms with Gasteiger partial charge in [0, 0.05) is 11.7 Å². The molecule has 0 aromatic carbocycles. The van der Waals surface area contributed by atoms with Gasteiger partial charge in [0.2, 0.25) is 0 Å². The summed E-state index contributed by atoms with van der Waals surface area (Å²) < 4.78 is 0. The highest BCUT2D eigenvalue weighted by atomic mass is 32.2. The van der Waals surface area contributed by atoms with Gasteiger partial charge in [0.15, 0.2) is 5.12 Å². The van der Waals surface area contributed by atoms with Crippen LogP contribution in [-0.4, -0.2) is 10.4 Å². The molecule has 0 heterocycles. The summed E-state index contributed by atoms with van der Waals surface area (Å²) >= 11 is 1.75. The smallest absolute Gasteiger partial charge is 0.189 e. The molecular formula is C35H58OS. The van der Waals surface area contributed by atoms with E-state index in [9.17, 15) is 4.79 Å². The molecule has 0 radical (unpaired) electrons. The largest absolute Gasteiger partial charge is 0.287 e. The SMILES string of the molecule is CCCCCCCC[C@@H]1CC[C@H]2[C@H]3CC=C4C[C@@H](SC(=O)CC5CCCCC5)CC[C@]4(C)[C@@H]3CC[C@]12C. The van der Waals surface area contributed by atoms with Crippen LogP contribution in [0.3, 0.4) is 0 Å². The second-order valence-electron chi connectivity index (χ2n) is 14.7. The molecule has 0 saturated heterocycles. The molecule has 0 amide bonds. The van der Waals surface area contributed by atoms with Crippen molar-refractivity contribution < 1.29 is 4.79 Å². The summed E-state index contributed by atoms with van der Waals surface area (Å²) in [5.41, 5.74) is 2.80. The molecule has 0 spiro atoms. The van der Waals surface area contributed by atoms with Crippen molar-refractivity contribution in [3.05, 3.63) is 11.6 Å². The zero-order valence-corrected chi connectivity index (χ0v) is 25.5. The van der Waals surface area contributed by atoms with E-state index >= 15 is 0 Å². The Morgan fingerprint density at radius 1 is 0.892 bits per heavy atom. The van der Waals surface area contributed by atoms with Gasteiger partial charge in [0.25, 0.3) is 0 Å². The summed E-state index contributed by atoms with van der Waals surface area (Å²) in [4.78, 5) is 12.9. The molecule has 37 heavy (non-hydrogen) atoms. The molecule has 0 N–H and O–H groups in total. The monoisotopic (exact) mass is 526 g/mol. The molecule has 0 aromatic rings. The standard InChI is InChI=1S/C35H58OS/c1-4-5-6-7-8-12-15-27-17-19-31-30-18-16-28-25-29(37-33(36)24-26-13-10-9-11-14-26)20-22-35(28,3)32(30)21-23-34(27,31)2/h16,26-27,29-32H,4-15,17-25H2,1-3H3/t27-,29+,30-,31+,32-,34-,35+/m1/s1. The average molecular weight is 527 g/mol. The van der Waals surface area contributed by atoms with Crippen LogP contribution in [0.1, 0.15) is 156 Å². The Balaban J connectivity index is 1.16. The second kappa shape index (κ2) is 12.5. The van der Waals surface area contributed by atoms with Crippen molar-refractivity contribution in [2.75, 3.05) is 0 Å². The topological polar surface area (TPSA) is 17.1 Å². The zero-order chi connectivity index (χ0) is 25.9. The van der Waals surface area contributed by atoms with Gasteiger partial charge in [0.05, 0.1) is 0 Å². The molecule has 5 aliphatic rings. The number of fused-ring (bicyclic) bond motifs is 5. The van der Waals surface area contributed by atoms with Crippen molar-refractivity contribution in [2.24, 2.45) is 40.4 Å². The molecular weight excluding hydrogens is 468 g/mol. The van der Waals surface area contributed by atoms with E-state index in [4.69, 9.17) is 0 Å². The predicted octanol–water partition coefficient (Wildman–Crippen LogP) is 10.9. The van der Waals surface area contributed by atoms with Crippen LogP contribution < -0.4 is 0 Å². The van der Waals surface area contributed by atoms with Gasteiger partial charge in [-0.2, -0.15) is 0 Å². The van der Waals surface area contributed by atoms with Crippen molar-refractivity contribution in [1.82, 2.24) is 0 Å². The Bertz CT molecular complexity index is 795. The van der Waals surface area contributed by atoms with Crippen LogP contribution in [-0.2, 0) is 4.79 Å². The first-order chi connectivity index (χ1) is 17.9. The number of thioether (sulfide) groups is 1. The first kappa shape index (κ1) is 28.3. The van der Waals surface area contributed by atoms with Gasteiger partial charge < -0.3 is 0 Å². The quantitative estimate of drug-likeness (QED) is 0.208. The number of hydrogen-bond donors (Lipinski definition) is 0.